The van der Waals surface area contributed by atoms with Crippen LogP contribution in [0.5, 0.6) is 0 Å². The van der Waals surface area contributed by atoms with Gasteiger partial charge >= 0.3 is 0 Å². The first-order valence-electron chi connectivity index (χ1n) is 9.01. The van der Waals surface area contributed by atoms with Crippen molar-refractivity contribution in [2.24, 2.45) is 10.9 Å². The summed E-state index contributed by atoms with van der Waals surface area (Å²) in [6.45, 7) is 10.6. The number of fused-ring (bicyclic) bond motifs is 1. The summed E-state index contributed by atoms with van der Waals surface area (Å²) in [5.41, 5.74) is 6.59. The molecule has 2 heterocycles. The van der Waals surface area contributed by atoms with Gasteiger partial charge in [-0.05, 0) is 42.2 Å². The largest absolute Gasteiger partial charge is 0.296 e. The molecular formula is C23H24N4. The maximum absolute atomic E-state index is 4.58. The second-order valence-electron chi connectivity index (χ2n) is 6.83. The Kier molecular flexibility index (Phi) is 5.55. The lowest BCUT2D eigenvalue weighted by Crippen LogP contribution is -2.04. The van der Waals surface area contributed by atoms with E-state index in [2.05, 4.69) is 58.6 Å². The van der Waals surface area contributed by atoms with E-state index < -0.39 is 0 Å². The van der Waals surface area contributed by atoms with Crippen molar-refractivity contribution in [2.75, 3.05) is 7.05 Å². The Labute approximate surface area is 160 Å². The van der Waals surface area contributed by atoms with Gasteiger partial charge < -0.3 is 0 Å². The molecule has 0 amide bonds. The topological polar surface area (TPSA) is 51.0 Å². The molecule has 0 fully saturated rings. The fourth-order valence-corrected chi connectivity index (χ4v) is 3.14. The average molecular weight is 356 g/mol. The Hall–Kier alpha value is -3.14. The highest BCUT2D eigenvalue weighted by Gasteiger charge is 2.16. The molecular weight excluding hydrogens is 332 g/mol. The molecule has 0 N–H and O–H groups in total. The van der Waals surface area contributed by atoms with Gasteiger partial charge in [-0.2, -0.15) is 0 Å². The van der Waals surface area contributed by atoms with E-state index in [4.69, 9.17) is 0 Å². The molecule has 3 rings (SSSR count). The van der Waals surface area contributed by atoms with E-state index >= 15 is 0 Å². The first-order chi connectivity index (χ1) is 13.0. The fraction of sp³-hybridized carbons (Fsp3) is 0.217. The smallest absolute Gasteiger partial charge is 0.116 e. The highest BCUT2D eigenvalue weighted by Crippen LogP contribution is 2.31. The van der Waals surface area contributed by atoms with Gasteiger partial charge in [-0.25, -0.2) is 9.97 Å². The van der Waals surface area contributed by atoms with Crippen LogP contribution in [0.15, 0.2) is 60.5 Å². The van der Waals surface area contributed by atoms with Crippen LogP contribution in [0.4, 0.5) is 0 Å². The number of rotatable bonds is 5. The third-order valence-electron chi connectivity index (χ3n) is 4.34. The number of nitrogens with zero attached hydrogens (tertiary/aromatic N) is 4. The van der Waals surface area contributed by atoms with Crippen LogP contribution in [-0.2, 0) is 0 Å². The number of aliphatic imine (C=N–C) groups is 1. The number of pyridine rings is 1. The van der Waals surface area contributed by atoms with Gasteiger partial charge in [-0.3, -0.25) is 9.98 Å². The standard InChI is InChI=1S/C23H24N4/c1-15(2)11-20(13-24-5)23-22(17(4)26-14-27-23)16(3)18-8-9-21-19(12-18)7-6-10-25-21/h6-15H,3H2,1-2,4-5H3/b20-11+,24-13?. The van der Waals surface area contributed by atoms with E-state index in [1.807, 2.05) is 31.3 Å². The van der Waals surface area contributed by atoms with Gasteiger partial charge in [0, 0.05) is 41.7 Å². The molecule has 4 heteroatoms. The van der Waals surface area contributed by atoms with Crippen molar-refractivity contribution in [1.29, 1.82) is 0 Å². The van der Waals surface area contributed by atoms with Gasteiger partial charge in [-0.15, -0.1) is 0 Å². The highest BCUT2D eigenvalue weighted by atomic mass is 14.8. The first kappa shape index (κ1) is 18.6. The van der Waals surface area contributed by atoms with Crippen LogP contribution in [-0.4, -0.2) is 28.2 Å². The maximum atomic E-state index is 4.58. The SMILES string of the molecule is C=C(c1ccc2ncccc2c1)c1c(C)ncnc1/C(C=NC)=C/C(C)C. The summed E-state index contributed by atoms with van der Waals surface area (Å²) in [4.78, 5) is 17.6. The molecule has 0 saturated carbocycles. The predicted molar refractivity (Wildman–Crippen MR) is 114 cm³/mol. The Morgan fingerprint density at radius 1 is 1.15 bits per heavy atom. The van der Waals surface area contributed by atoms with Gasteiger partial charge in [0.15, 0.2) is 0 Å². The van der Waals surface area contributed by atoms with Crippen molar-refractivity contribution >= 4 is 28.3 Å². The van der Waals surface area contributed by atoms with E-state index in [0.29, 0.717) is 5.92 Å². The summed E-state index contributed by atoms with van der Waals surface area (Å²) < 4.78 is 0. The van der Waals surface area contributed by atoms with Crippen LogP contribution in [0.25, 0.3) is 22.0 Å². The van der Waals surface area contributed by atoms with E-state index in [9.17, 15) is 0 Å². The van der Waals surface area contributed by atoms with Crippen LogP contribution >= 0.6 is 0 Å². The molecule has 0 radical (unpaired) electrons. The second-order valence-corrected chi connectivity index (χ2v) is 6.83. The fourth-order valence-electron chi connectivity index (χ4n) is 3.14. The molecule has 0 atom stereocenters. The third kappa shape index (κ3) is 4.00. The van der Waals surface area contributed by atoms with Crippen LogP contribution in [0.1, 0.15) is 36.4 Å². The zero-order valence-corrected chi connectivity index (χ0v) is 16.3. The maximum Gasteiger partial charge on any atom is 0.116 e. The predicted octanol–water partition coefficient (Wildman–Crippen LogP) is 5.13. The molecule has 0 spiro atoms. The van der Waals surface area contributed by atoms with Crippen molar-refractivity contribution in [3.8, 4) is 0 Å². The summed E-state index contributed by atoms with van der Waals surface area (Å²) >= 11 is 0. The molecule has 0 unspecified atom stereocenters. The summed E-state index contributed by atoms with van der Waals surface area (Å²) in [5, 5.41) is 1.08. The molecule has 0 aliphatic heterocycles. The molecule has 0 aliphatic rings. The molecule has 0 saturated heterocycles. The van der Waals surface area contributed by atoms with E-state index in [-0.39, 0.29) is 0 Å². The summed E-state index contributed by atoms with van der Waals surface area (Å²) in [7, 11) is 1.77. The number of aryl methyl sites for hydroxylation is 1. The Balaban J connectivity index is 2.16. The van der Waals surface area contributed by atoms with E-state index in [1.165, 1.54) is 0 Å². The monoisotopic (exact) mass is 356 g/mol. The van der Waals surface area contributed by atoms with E-state index in [1.54, 1.807) is 19.6 Å². The highest BCUT2D eigenvalue weighted by molar-refractivity contribution is 6.11. The number of allylic oxidation sites excluding steroid dienone is 2. The van der Waals surface area contributed by atoms with E-state index in [0.717, 1.165) is 44.6 Å². The Morgan fingerprint density at radius 3 is 2.70 bits per heavy atom. The van der Waals surface area contributed by atoms with Gasteiger partial charge in [0.25, 0.3) is 0 Å². The lowest BCUT2D eigenvalue weighted by Gasteiger charge is -2.15. The molecule has 3 aromatic rings. The number of hydrogen-bond donors (Lipinski definition) is 0. The normalized spacial score (nSPS) is 12.3. The Bertz CT molecular complexity index is 1050. The van der Waals surface area contributed by atoms with Crippen molar-refractivity contribution in [2.45, 2.75) is 20.8 Å². The zero-order valence-electron chi connectivity index (χ0n) is 16.3. The average Bonchev–Trinajstić information content (AvgIpc) is 2.66. The lowest BCUT2D eigenvalue weighted by atomic mass is 9.92. The molecule has 136 valence electrons. The van der Waals surface area contributed by atoms with Gasteiger partial charge in [-0.1, -0.05) is 38.6 Å². The lowest BCUT2D eigenvalue weighted by molar-refractivity contribution is 0.834. The van der Waals surface area contributed by atoms with Crippen molar-refractivity contribution in [1.82, 2.24) is 15.0 Å². The number of benzene rings is 1. The summed E-state index contributed by atoms with van der Waals surface area (Å²) in [6.07, 6.45) is 7.42. The van der Waals surface area contributed by atoms with Crippen LogP contribution in [0, 0.1) is 12.8 Å². The Morgan fingerprint density at radius 2 is 1.96 bits per heavy atom. The van der Waals surface area contributed by atoms with Crippen LogP contribution in [0.3, 0.4) is 0 Å². The van der Waals surface area contributed by atoms with Gasteiger partial charge in [0.2, 0.25) is 0 Å². The van der Waals surface area contributed by atoms with Gasteiger partial charge in [0.1, 0.15) is 6.33 Å². The second kappa shape index (κ2) is 8.04. The molecule has 0 aliphatic carbocycles. The molecule has 1 aromatic carbocycles. The quantitative estimate of drug-likeness (QED) is 0.595. The summed E-state index contributed by atoms with van der Waals surface area (Å²) in [5.74, 6) is 0.376. The minimum Gasteiger partial charge on any atom is -0.296 e. The molecule has 0 bridgehead atoms. The van der Waals surface area contributed by atoms with Crippen LogP contribution in [0.2, 0.25) is 0 Å². The molecule has 4 nitrogen and oxygen atoms in total. The summed E-state index contributed by atoms with van der Waals surface area (Å²) in [6, 6.07) is 10.2. The van der Waals surface area contributed by atoms with Crippen LogP contribution < -0.4 is 0 Å². The molecule has 27 heavy (non-hydrogen) atoms. The number of aromatic nitrogens is 3. The van der Waals surface area contributed by atoms with Crippen molar-refractivity contribution in [3.05, 3.63) is 78.0 Å². The third-order valence-corrected chi connectivity index (χ3v) is 4.34. The first-order valence-corrected chi connectivity index (χ1v) is 9.01. The zero-order chi connectivity index (χ0) is 19.4. The number of hydrogen-bond acceptors (Lipinski definition) is 4. The van der Waals surface area contributed by atoms with Crippen molar-refractivity contribution in [3.63, 3.8) is 0 Å². The van der Waals surface area contributed by atoms with Crippen molar-refractivity contribution < 1.29 is 0 Å². The minimum atomic E-state index is 0.376. The van der Waals surface area contributed by atoms with Gasteiger partial charge in [0.05, 0.1) is 11.2 Å². The molecule has 2 aromatic heterocycles. The minimum absolute atomic E-state index is 0.376.